The molecule has 2 rings (SSSR count). The Bertz CT molecular complexity index is 638. The normalized spacial score (nSPS) is 11.3. The van der Waals surface area contributed by atoms with Gasteiger partial charge in [-0.2, -0.15) is 5.10 Å². The van der Waals surface area contributed by atoms with Gasteiger partial charge in [-0.15, -0.1) is 13.2 Å². The zero-order valence-corrected chi connectivity index (χ0v) is 11.4. The van der Waals surface area contributed by atoms with Crippen molar-refractivity contribution in [2.75, 3.05) is 12.4 Å². The highest BCUT2D eigenvalue weighted by Crippen LogP contribution is 2.24. The van der Waals surface area contributed by atoms with Crippen LogP contribution < -0.4 is 10.1 Å². The largest absolute Gasteiger partial charge is 0.573 e. The fourth-order valence-corrected chi connectivity index (χ4v) is 1.62. The van der Waals surface area contributed by atoms with Gasteiger partial charge in [-0.05, 0) is 30.3 Å². The molecule has 0 saturated heterocycles. The molecule has 0 unspecified atom stereocenters. The second kappa shape index (κ2) is 6.48. The number of nitrogens with one attached hydrogen (secondary N) is 1. The van der Waals surface area contributed by atoms with Crippen LogP contribution in [-0.4, -0.2) is 29.2 Å². The summed E-state index contributed by atoms with van der Waals surface area (Å²) in [6, 6.07) is 6.30. The Morgan fingerprint density at radius 3 is 2.55 bits per heavy atom. The summed E-state index contributed by atoms with van der Waals surface area (Å²) in [6.07, 6.45) is -3.18. The van der Waals surface area contributed by atoms with E-state index in [-0.39, 0.29) is 18.2 Å². The van der Waals surface area contributed by atoms with Crippen LogP contribution in [0.1, 0.15) is 10.5 Å². The van der Waals surface area contributed by atoms with Gasteiger partial charge in [0.1, 0.15) is 12.5 Å². The summed E-state index contributed by atoms with van der Waals surface area (Å²) in [5.74, 6) is -0.853. The molecule has 9 heteroatoms. The van der Waals surface area contributed by atoms with Crippen LogP contribution >= 0.6 is 0 Å². The Labute approximate surface area is 123 Å². The van der Waals surface area contributed by atoms with E-state index in [0.29, 0.717) is 5.69 Å². The number of hydrogen-bond donors (Lipinski definition) is 1. The van der Waals surface area contributed by atoms with E-state index in [0.717, 1.165) is 12.1 Å². The minimum atomic E-state index is -4.75. The zero-order chi connectivity index (χ0) is 16.2. The second-order valence-electron chi connectivity index (χ2n) is 4.18. The van der Waals surface area contributed by atoms with Gasteiger partial charge < -0.3 is 14.8 Å². The summed E-state index contributed by atoms with van der Waals surface area (Å²) in [6.45, 7) is 0.205. The maximum absolute atomic E-state index is 12.0. The lowest BCUT2D eigenvalue weighted by Gasteiger charge is -2.09. The number of hydrogen-bond acceptors (Lipinski definition) is 4. The molecule has 1 aromatic heterocycles. The quantitative estimate of drug-likeness (QED) is 0.921. The Morgan fingerprint density at radius 1 is 1.27 bits per heavy atom. The van der Waals surface area contributed by atoms with Crippen molar-refractivity contribution in [1.29, 1.82) is 0 Å². The topological polar surface area (TPSA) is 65.4 Å². The van der Waals surface area contributed by atoms with Crippen LogP contribution in [0, 0.1) is 0 Å². The molecule has 22 heavy (non-hydrogen) atoms. The molecule has 0 radical (unpaired) electrons. The number of anilines is 1. The maximum atomic E-state index is 12.0. The monoisotopic (exact) mass is 315 g/mol. The Hall–Kier alpha value is -2.55. The number of benzene rings is 1. The van der Waals surface area contributed by atoms with Crippen molar-refractivity contribution >= 4 is 11.6 Å². The van der Waals surface area contributed by atoms with E-state index in [4.69, 9.17) is 4.74 Å². The van der Waals surface area contributed by atoms with E-state index in [9.17, 15) is 18.0 Å². The van der Waals surface area contributed by atoms with E-state index in [1.165, 1.54) is 30.0 Å². The van der Waals surface area contributed by atoms with Crippen LogP contribution in [0.25, 0.3) is 0 Å². The fraction of sp³-hybridized carbons (Fsp3) is 0.231. The standard InChI is InChI=1S/C13H12F3N3O3/c1-21-8-19-7-6-11(18-19)12(20)17-9-2-4-10(5-3-9)22-13(14,15)16/h2-7H,8H2,1H3,(H,17,20). The smallest absolute Gasteiger partial charge is 0.406 e. The Balaban J connectivity index is 1.99. The molecule has 6 nitrogen and oxygen atoms in total. The number of carbonyl (C=O) groups excluding carboxylic acids is 1. The number of halogens is 3. The predicted octanol–water partition coefficient (Wildman–Crippen LogP) is 2.64. The molecule has 2 aromatic rings. The van der Waals surface area contributed by atoms with Gasteiger partial charge in [0.2, 0.25) is 0 Å². The van der Waals surface area contributed by atoms with Gasteiger partial charge in [-0.3, -0.25) is 4.79 Å². The molecule has 0 aliphatic heterocycles. The summed E-state index contributed by atoms with van der Waals surface area (Å²) in [5, 5.41) is 6.48. The first-order valence-electron chi connectivity index (χ1n) is 6.07. The van der Waals surface area contributed by atoms with Crippen molar-refractivity contribution in [3.63, 3.8) is 0 Å². The SMILES string of the molecule is COCn1ccc(C(=O)Nc2ccc(OC(F)(F)F)cc2)n1. The van der Waals surface area contributed by atoms with E-state index in [1.807, 2.05) is 0 Å². The summed E-state index contributed by atoms with van der Waals surface area (Å²) >= 11 is 0. The number of aromatic nitrogens is 2. The van der Waals surface area contributed by atoms with E-state index < -0.39 is 12.3 Å². The van der Waals surface area contributed by atoms with Gasteiger partial charge in [0, 0.05) is 19.0 Å². The van der Waals surface area contributed by atoms with Crippen LogP contribution in [-0.2, 0) is 11.5 Å². The Kier molecular flexibility index (Phi) is 4.66. The van der Waals surface area contributed by atoms with E-state index in [2.05, 4.69) is 15.2 Å². The van der Waals surface area contributed by atoms with Crippen LogP contribution in [0.3, 0.4) is 0 Å². The average Bonchev–Trinajstić information content (AvgIpc) is 2.88. The third-order valence-corrected chi connectivity index (χ3v) is 2.48. The summed E-state index contributed by atoms with van der Waals surface area (Å²) in [4.78, 5) is 11.9. The van der Waals surface area contributed by atoms with Crippen molar-refractivity contribution in [3.8, 4) is 5.75 Å². The third kappa shape index (κ3) is 4.48. The van der Waals surface area contributed by atoms with E-state index >= 15 is 0 Å². The van der Waals surface area contributed by atoms with Gasteiger partial charge in [-0.25, -0.2) is 4.68 Å². The highest BCUT2D eigenvalue weighted by molar-refractivity contribution is 6.02. The maximum Gasteiger partial charge on any atom is 0.573 e. The van der Waals surface area contributed by atoms with Crippen LogP contribution in [0.15, 0.2) is 36.5 Å². The first-order chi connectivity index (χ1) is 10.4. The fourth-order valence-electron chi connectivity index (χ4n) is 1.62. The lowest BCUT2D eigenvalue weighted by Crippen LogP contribution is -2.17. The third-order valence-electron chi connectivity index (χ3n) is 2.48. The number of alkyl halides is 3. The number of carbonyl (C=O) groups is 1. The zero-order valence-electron chi connectivity index (χ0n) is 11.4. The molecule has 118 valence electrons. The highest BCUT2D eigenvalue weighted by atomic mass is 19.4. The molecule has 1 N–H and O–H groups in total. The number of methoxy groups -OCH3 is 1. The molecule has 1 heterocycles. The number of amides is 1. The number of rotatable bonds is 5. The van der Waals surface area contributed by atoms with Crippen molar-refractivity contribution in [2.24, 2.45) is 0 Å². The molecule has 0 fully saturated rings. The minimum absolute atomic E-state index is 0.160. The molecular formula is C13H12F3N3O3. The highest BCUT2D eigenvalue weighted by Gasteiger charge is 2.30. The molecule has 0 atom stereocenters. The molecule has 1 aromatic carbocycles. The molecule has 0 aliphatic rings. The van der Waals surface area contributed by atoms with Gasteiger partial charge in [0.05, 0.1) is 0 Å². The van der Waals surface area contributed by atoms with Crippen molar-refractivity contribution in [2.45, 2.75) is 13.1 Å². The van der Waals surface area contributed by atoms with Gasteiger partial charge in [0.25, 0.3) is 5.91 Å². The molecule has 0 spiro atoms. The van der Waals surface area contributed by atoms with Gasteiger partial charge in [-0.1, -0.05) is 0 Å². The van der Waals surface area contributed by atoms with Crippen molar-refractivity contribution < 1.29 is 27.4 Å². The Morgan fingerprint density at radius 2 is 1.95 bits per heavy atom. The molecule has 0 bridgehead atoms. The first-order valence-corrected chi connectivity index (χ1v) is 6.07. The van der Waals surface area contributed by atoms with Crippen molar-refractivity contribution in [1.82, 2.24) is 9.78 Å². The van der Waals surface area contributed by atoms with Crippen LogP contribution in [0.5, 0.6) is 5.75 Å². The number of ether oxygens (including phenoxy) is 2. The van der Waals surface area contributed by atoms with E-state index in [1.54, 1.807) is 6.20 Å². The summed E-state index contributed by atoms with van der Waals surface area (Å²) < 4.78 is 46.1. The number of nitrogens with zero attached hydrogens (tertiary/aromatic N) is 2. The molecule has 0 saturated carbocycles. The van der Waals surface area contributed by atoms with Gasteiger partial charge >= 0.3 is 6.36 Å². The summed E-state index contributed by atoms with van der Waals surface area (Å²) in [7, 11) is 1.49. The van der Waals surface area contributed by atoms with Crippen LogP contribution in [0.2, 0.25) is 0 Å². The predicted molar refractivity (Wildman–Crippen MR) is 70.3 cm³/mol. The van der Waals surface area contributed by atoms with Crippen LogP contribution in [0.4, 0.5) is 18.9 Å². The first kappa shape index (κ1) is 15.8. The lowest BCUT2D eigenvalue weighted by atomic mass is 10.3. The average molecular weight is 315 g/mol. The summed E-state index contributed by atoms with van der Waals surface area (Å²) in [5.41, 5.74) is 0.480. The van der Waals surface area contributed by atoms with Crippen molar-refractivity contribution in [3.05, 3.63) is 42.2 Å². The second-order valence-corrected chi connectivity index (χ2v) is 4.18. The lowest BCUT2D eigenvalue weighted by molar-refractivity contribution is -0.274. The molecule has 1 amide bonds. The van der Waals surface area contributed by atoms with Gasteiger partial charge in [0.15, 0.2) is 5.69 Å². The molecule has 0 aliphatic carbocycles. The molecular weight excluding hydrogens is 303 g/mol. The minimum Gasteiger partial charge on any atom is -0.406 e.